The predicted octanol–water partition coefficient (Wildman–Crippen LogP) is 1.86. The molecule has 0 saturated carbocycles. The number of piperidine rings is 1. The van der Waals surface area contributed by atoms with E-state index in [4.69, 9.17) is 5.73 Å². The second-order valence-corrected chi connectivity index (χ2v) is 6.85. The number of hydrogen-bond acceptors (Lipinski definition) is 3. The highest BCUT2D eigenvalue weighted by Gasteiger charge is 2.24. The van der Waals surface area contributed by atoms with Gasteiger partial charge in [-0.25, -0.2) is 4.98 Å². The van der Waals surface area contributed by atoms with Crippen LogP contribution in [-0.4, -0.2) is 40.0 Å². The van der Waals surface area contributed by atoms with Crippen LogP contribution in [0.15, 0.2) is 6.20 Å². The van der Waals surface area contributed by atoms with Crippen molar-refractivity contribution in [2.75, 3.05) is 19.6 Å². The lowest BCUT2D eigenvalue weighted by Gasteiger charge is -2.34. The Kier molecular flexibility index (Phi) is 4.48. The average molecular weight is 277 g/mol. The monoisotopic (exact) mass is 277 g/mol. The molecule has 5 heteroatoms. The van der Waals surface area contributed by atoms with Crippen LogP contribution in [0.4, 0.5) is 0 Å². The summed E-state index contributed by atoms with van der Waals surface area (Å²) >= 11 is 0. The molecule has 0 spiro atoms. The van der Waals surface area contributed by atoms with Gasteiger partial charge < -0.3 is 15.2 Å². The van der Waals surface area contributed by atoms with E-state index in [1.54, 1.807) is 6.20 Å². The van der Waals surface area contributed by atoms with Gasteiger partial charge in [0.2, 0.25) is 0 Å². The molecule has 0 atom stereocenters. The van der Waals surface area contributed by atoms with Crippen LogP contribution < -0.4 is 5.73 Å². The van der Waals surface area contributed by atoms with Gasteiger partial charge in [0.1, 0.15) is 6.20 Å². The van der Waals surface area contributed by atoms with Gasteiger partial charge in [-0.15, -0.1) is 0 Å². The number of imidazole rings is 1. The molecule has 1 aliphatic heterocycles. The third-order valence-corrected chi connectivity index (χ3v) is 3.96. The van der Waals surface area contributed by atoms with Gasteiger partial charge in [0.25, 0.3) is 5.91 Å². The summed E-state index contributed by atoms with van der Waals surface area (Å²) in [6, 6.07) is 0.321. The quantitative estimate of drug-likeness (QED) is 0.913. The van der Waals surface area contributed by atoms with Crippen molar-refractivity contribution in [2.45, 2.75) is 46.1 Å². The number of likely N-dealkylation sites (tertiary alicyclic amines) is 1. The van der Waals surface area contributed by atoms with Gasteiger partial charge in [0.15, 0.2) is 5.82 Å². The van der Waals surface area contributed by atoms with Gasteiger partial charge in [0, 0.05) is 25.3 Å². The molecule has 0 aliphatic carbocycles. The highest BCUT2D eigenvalue weighted by atomic mass is 16.1. The molecule has 1 amide bonds. The zero-order valence-corrected chi connectivity index (χ0v) is 12.7. The summed E-state index contributed by atoms with van der Waals surface area (Å²) in [5, 5.41) is 0. The topological polar surface area (TPSA) is 64.2 Å². The van der Waals surface area contributed by atoms with Gasteiger partial charge in [-0.1, -0.05) is 20.8 Å². The van der Waals surface area contributed by atoms with Crippen molar-refractivity contribution in [1.29, 1.82) is 0 Å². The number of hydrogen-bond donors (Lipinski definition) is 1. The Labute approximate surface area is 121 Å². The standard InChI is InChI=1S/C15H25N4O/c1-15(2,3)6-10-18-8-4-12(5-9-18)19-11-7-17-14(19)13(16)20/h11-12H,4-6,8-10H2,1-3H3,(H2,16,20). The first-order valence-corrected chi connectivity index (χ1v) is 7.34. The molecule has 1 radical (unpaired) electrons. The molecule has 2 N–H and O–H groups in total. The molecule has 1 aromatic rings. The molecule has 2 heterocycles. The molecule has 1 saturated heterocycles. The molecule has 2 rings (SSSR count). The van der Waals surface area contributed by atoms with Crippen molar-refractivity contribution >= 4 is 5.91 Å². The van der Waals surface area contributed by atoms with Crippen molar-refractivity contribution in [3.63, 3.8) is 0 Å². The van der Waals surface area contributed by atoms with Crippen molar-refractivity contribution in [2.24, 2.45) is 11.1 Å². The third kappa shape index (κ3) is 3.82. The first kappa shape index (κ1) is 15.0. The van der Waals surface area contributed by atoms with E-state index < -0.39 is 5.91 Å². The van der Waals surface area contributed by atoms with Crippen molar-refractivity contribution < 1.29 is 4.79 Å². The molecular weight excluding hydrogens is 252 g/mol. The Hall–Kier alpha value is -1.36. The Bertz CT molecular complexity index is 453. The van der Waals surface area contributed by atoms with Gasteiger partial charge in [-0.2, -0.15) is 0 Å². The fourth-order valence-electron chi connectivity index (χ4n) is 2.65. The van der Waals surface area contributed by atoms with E-state index in [0.717, 1.165) is 32.5 Å². The number of carbonyl (C=O) groups is 1. The maximum Gasteiger partial charge on any atom is 0.284 e. The maximum atomic E-state index is 11.3. The first-order valence-electron chi connectivity index (χ1n) is 7.34. The summed E-state index contributed by atoms with van der Waals surface area (Å²) in [4.78, 5) is 17.7. The van der Waals surface area contributed by atoms with Crippen molar-refractivity contribution in [3.05, 3.63) is 18.2 Å². The molecular formula is C15H25N4O. The summed E-state index contributed by atoms with van der Waals surface area (Å²) in [5.74, 6) is -0.139. The summed E-state index contributed by atoms with van der Waals surface area (Å²) in [6.07, 6.45) is 7.76. The summed E-state index contributed by atoms with van der Waals surface area (Å²) in [6.45, 7) is 10.1. The zero-order chi connectivity index (χ0) is 14.8. The second-order valence-electron chi connectivity index (χ2n) is 6.85. The summed E-state index contributed by atoms with van der Waals surface area (Å²) < 4.78 is 1.89. The molecule has 20 heavy (non-hydrogen) atoms. The third-order valence-electron chi connectivity index (χ3n) is 3.96. The number of rotatable bonds is 4. The molecule has 0 unspecified atom stereocenters. The van der Waals surface area contributed by atoms with Crippen molar-refractivity contribution in [3.8, 4) is 0 Å². The Morgan fingerprint density at radius 3 is 2.65 bits per heavy atom. The lowest BCUT2D eigenvalue weighted by atomic mass is 9.91. The van der Waals surface area contributed by atoms with E-state index in [9.17, 15) is 4.79 Å². The van der Waals surface area contributed by atoms with Gasteiger partial charge in [-0.3, -0.25) is 4.79 Å². The van der Waals surface area contributed by atoms with E-state index in [0.29, 0.717) is 17.3 Å². The number of nitrogens with two attached hydrogens (primary N) is 1. The molecule has 0 bridgehead atoms. The minimum atomic E-state index is -0.471. The predicted molar refractivity (Wildman–Crippen MR) is 78.4 cm³/mol. The Balaban J connectivity index is 1.88. The molecule has 1 fully saturated rings. The molecule has 1 aliphatic rings. The molecule has 0 aromatic carbocycles. The summed E-state index contributed by atoms with van der Waals surface area (Å²) in [5.41, 5.74) is 5.72. The first-order chi connectivity index (χ1) is 9.37. The maximum absolute atomic E-state index is 11.3. The van der Waals surface area contributed by atoms with Crippen LogP contribution in [0, 0.1) is 11.6 Å². The normalized spacial score (nSPS) is 18.4. The average Bonchev–Trinajstić information content (AvgIpc) is 2.85. The highest BCUT2D eigenvalue weighted by Crippen LogP contribution is 2.25. The highest BCUT2D eigenvalue weighted by molar-refractivity contribution is 5.89. The van der Waals surface area contributed by atoms with Crippen LogP contribution in [0.5, 0.6) is 0 Å². The lowest BCUT2D eigenvalue weighted by molar-refractivity contribution is 0.0977. The molecule has 1 aromatic heterocycles. The van der Waals surface area contributed by atoms with Gasteiger partial charge in [-0.05, 0) is 31.2 Å². The fraction of sp³-hybridized carbons (Fsp3) is 0.733. The van der Waals surface area contributed by atoms with Crippen LogP contribution in [0.25, 0.3) is 0 Å². The number of amides is 1. The van der Waals surface area contributed by atoms with Crippen molar-refractivity contribution in [1.82, 2.24) is 14.5 Å². The van der Waals surface area contributed by atoms with E-state index in [1.807, 2.05) is 4.57 Å². The van der Waals surface area contributed by atoms with E-state index in [-0.39, 0.29) is 0 Å². The Morgan fingerprint density at radius 2 is 2.10 bits per heavy atom. The van der Waals surface area contributed by atoms with E-state index in [2.05, 4.69) is 36.9 Å². The van der Waals surface area contributed by atoms with Crippen LogP contribution in [-0.2, 0) is 0 Å². The fourth-order valence-corrected chi connectivity index (χ4v) is 2.65. The SMILES string of the molecule is CC(C)(C)CCN1CCC(n2c[c]nc2C(N)=O)CC1. The summed E-state index contributed by atoms with van der Waals surface area (Å²) in [7, 11) is 0. The van der Waals surface area contributed by atoms with Crippen LogP contribution in [0.3, 0.4) is 0 Å². The number of carbonyl (C=O) groups excluding carboxylic acids is 1. The van der Waals surface area contributed by atoms with Crippen LogP contribution in [0.1, 0.15) is 56.7 Å². The number of aromatic nitrogens is 2. The zero-order valence-electron chi connectivity index (χ0n) is 12.7. The van der Waals surface area contributed by atoms with Crippen LogP contribution >= 0.6 is 0 Å². The second kappa shape index (κ2) is 5.95. The van der Waals surface area contributed by atoms with E-state index in [1.165, 1.54) is 6.42 Å². The largest absolute Gasteiger partial charge is 0.363 e. The van der Waals surface area contributed by atoms with E-state index >= 15 is 0 Å². The smallest absolute Gasteiger partial charge is 0.284 e. The Morgan fingerprint density at radius 1 is 1.45 bits per heavy atom. The van der Waals surface area contributed by atoms with Gasteiger partial charge in [0.05, 0.1) is 0 Å². The minimum Gasteiger partial charge on any atom is -0.363 e. The number of primary amides is 1. The lowest BCUT2D eigenvalue weighted by Crippen LogP contribution is -2.37. The van der Waals surface area contributed by atoms with Gasteiger partial charge >= 0.3 is 0 Å². The van der Waals surface area contributed by atoms with Crippen LogP contribution in [0.2, 0.25) is 0 Å². The minimum absolute atomic E-state index is 0.321. The molecule has 5 nitrogen and oxygen atoms in total. The number of nitrogens with zero attached hydrogens (tertiary/aromatic N) is 3. The molecule has 111 valence electrons.